The van der Waals surface area contributed by atoms with Crippen LogP contribution < -0.4 is 5.32 Å². The van der Waals surface area contributed by atoms with Crippen LogP contribution >= 0.6 is 23.7 Å². The van der Waals surface area contributed by atoms with E-state index in [1.54, 1.807) is 39.2 Å². The molecule has 0 unspecified atom stereocenters. The standard InChI is InChI=1S/C13H17FN2O2S2/c1-13(2,3)18-12(17)15-11(19-4)16-20-10-7-5-6-9(14)8-10/h5-8H,1-4H3,(H,15,16,17). The van der Waals surface area contributed by atoms with Crippen molar-refractivity contribution in [2.24, 2.45) is 4.40 Å². The zero-order valence-electron chi connectivity index (χ0n) is 11.8. The molecular formula is C13H17FN2O2S2. The predicted octanol–water partition coefficient (Wildman–Crippen LogP) is 4.08. The van der Waals surface area contributed by atoms with Crippen molar-refractivity contribution in [3.8, 4) is 0 Å². The van der Waals surface area contributed by atoms with Crippen molar-refractivity contribution in [2.75, 3.05) is 6.26 Å². The molecule has 1 aromatic carbocycles. The Morgan fingerprint density at radius 1 is 1.40 bits per heavy atom. The number of alkyl carbamates (subject to hydrolysis) is 1. The van der Waals surface area contributed by atoms with Gasteiger partial charge in [-0.3, -0.25) is 5.32 Å². The first-order valence-corrected chi connectivity index (χ1v) is 7.84. The van der Waals surface area contributed by atoms with E-state index in [0.29, 0.717) is 10.1 Å². The molecule has 0 saturated heterocycles. The molecule has 1 N–H and O–H groups in total. The smallest absolute Gasteiger partial charge is 0.413 e. The summed E-state index contributed by atoms with van der Waals surface area (Å²) >= 11 is 2.36. The molecule has 110 valence electrons. The molecule has 0 bridgehead atoms. The van der Waals surface area contributed by atoms with E-state index in [9.17, 15) is 9.18 Å². The highest BCUT2D eigenvalue weighted by Gasteiger charge is 2.17. The molecule has 0 aliphatic heterocycles. The van der Waals surface area contributed by atoms with Crippen LogP contribution in [0.25, 0.3) is 0 Å². The maximum atomic E-state index is 13.0. The number of ether oxygens (including phenoxy) is 1. The first-order chi connectivity index (χ1) is 9.30. The number of carbonyl (C=O) groups excluding carboxylic acids is 1. The summed E-state index contributed by atoms with van der Waals surface area (Å²) in [5, 5.41) is 2.94. The molecule has 0 heterocycles. The lowest BCUT2D eigenvalue weighted by atomic mass is 10.2. The number of thioether (sulfide) groups is 1. The number of nitrogens with zero attached hydrogens (tertiary/aromatic N) is 1. The summed E-state index contributed by atoms with van der Waals surface area (Å²) in [6.07, 6.45) is 1.22. The minimum absolute atomic E-state index is 0.323. The predicted molar refractivity (Wildman–Crippen MR) is 82.6 cm³/mol. The third-order valence-electron chi connectivity index (χ3n) is 1.83. The van der Waals surface area contributed by atoms with Crippen LogP contribution in [0.3, 0.4) is 0 Å². The van der Waals surface area contributed by atoms with E-state index in [1.807, 2.05) is 0 Å². The van der Waals surface area contributed by atoms with Gasteiger partial charge in [0.15, 0.2) is 5.17 Å². The number of amidine groups is 1. The van der Waals surface area contributed by atoms with Gasteiger partial charge >= 0.3 is 6.09 Å². The van der Waals surface area contributed by atoms with Crippen LogP contribution in [0.1, 0.15) is 20.8 Å². The van der Waals surface area contributed by atoms with E-state index >= 15 is 0 Å². The molecule has 1 rings (SSSR count). The Kier molecular flexibility index (Phi) is 6.35. The second-order valence-corrected chi connectivity index (χ2v) is 6.41. The van der Waals surface area contributed by atoms with Crippen LogP contribution in [0.15, 0.2) is 33.6 Å². The average Bonchev–Trinajstić information content (AvgIpc) is 2.32. The van der Waals surface area contributed by atoms with Gasteiger partial charge in [0.1, 0.15) is 11.4 Å². The summed E-state index contributed by atoms with van der Waals surface area (Å²) in [4.78, 5) is 12.3. The molecule has 7 heteroatoms. The van der Waals surface area contributed by atoms with Gasteiger partial charge in [-0.2, -0.15) is 4.40 Å². The van der Waals surface area contributed by atoms with Gasteiger partial charge in [0, 0.05) is 16.8 Å². The number of nitrogens with one attached hydrogen (secondary N) is 1. The maximum Gasteiger partial charge on any atom is 0.413 e. The van der Waals surface area contributed by atoms with E-state index in [2.05, 4.69) is 9.71 Å². The van der Waals surface area contributed by atoms with Crippen LogP contribution in [-0.2, 0) is 4.74 Å². The molecule has 4 nitrogen and oxygen atoms in total. The van der Waals surface area contributed by atoms with Crippen molar-refractivity contribution >= 4 is 35.0 Å². The highest BCUT2D eigenvalue weighted by molar-refractivity contribution is 8.14. The molecular weight excluding hydrogens is 299 g/mol. The third kappa shape index (κ3) is 6.81. The van der Waals surface area contributed by atoms with Crippen molar-refractivity contribution in [1.82, 2.24) is 5.32 Å². The Bertz CT molecular complexity index is 501. The number of carbonyl (C=O) groups is 1. The van der Waals surface area contributed by atoms with E-state index in [1.165, 1.54) is 23.9 Å². The van der Waals surface area contributed by atoms with Gasteiger partial charge < -0.3 is 4.74 Å². The summed E-state index contributed by atoms with van der Waals surface area (Å²) in [7, 11) is 0. The molecule has 0 aliphatic rings. The van der Waals surface area contributed by atoms with E-state index in [-0.39, 0.29) is 5.82 Å². The van der Waals surface area contributed by atoms with Gasteiger partial charge in [0.2, 0.25) is 0 Å². The van der Waals surface area contributed by atoms with Crippen LogP contribution in [0.4, 0.5) is 9.18 Å². The Labute approximate surface area is 126 Å². The fourth-order valence-corrected chi connectivity index (χ4v) is 2.25. The minimum atomic E-state index is -0.566. The lowest BCUT2D eigenvalue weighted by Crippen LogP contribution is -2.34. The molecule has 0 fully saturated rings. The van der Waals surface area contributed by atoms with Crippen LogP contribution in [0.2, 0.25) is 0 Å². The Morgan fingerprint density at radius 2 is 2.10 bits per heavy atom. The molecule has 1 amide bonds. The van der Waals surface area contributed by atoms with Crippen molar-refractivity contribution in [2.45, 2.75) is 31.3 Å². The van der Waals surface area contributed by atoms with Crippen LogP contribution in [0, 0.1) is 5.82 Å². The Morgan fingerprint density at radius 3 is 2.65 bits per heavy atom. The lowest BCUT2D eigenvalue weighted by Gasteiger charge is -2.19. The van der Waals surface area contributed by atoms with Crippen molar-refractivity contribution < 1.29 is 13.9 Å². The molecule has 0 saturated carbocycles. The molecule has 0 spiro atoms. The van der Waals surface area contributed by atoms with Gasteiger partial charge in [-0.25, -0.2) is 9.18 Å². The SMILES string of the molecule is CSC(=NSc1cccc(F)c1)NC(=O)OC(C)(C)C. The summed E-state index contributed by atoms with van der Waals surface area (Å²) in [5.41, 5.74) is -0.566. The van der Waals surface area contributed by atoms with Gasteiger partial charge in [-0.15, -0.1) is 0 Å². The quantitative estimate of drug-likeness (QED) is 0.507. The van der Waals surface area contributed by atoms with Crippen LogP contribution in [0.5, 0.6) is 0 Å². The highest BCUT2D eigenvalue weighted by Crippen LogP contribution is 2.21. The zero-order chi connectivity index (χ0) is 15.2. The summed E-state index contributed by atoms with van der Waals surface area (Å²) < 4.78 is 22.3. The van der Waals surface area contributed by atoms with E-state index in [4.69, 9.17) is 4.74 Å². The maximum absolute atomic E-state index is 13.0. The molecule has 0 aliphatic carbocycles. The summed E-state index contributed by atoms with van der Waals surface area (Å²) in [5.74, 6) is -0.323. The molecule has 0 radical (unpaired) electrons. The number of halogens is 1. The zero-order valence-corrected chi connectivity index (χ0v) is 13.4. The molecule has 0 aromatic heterocycles. The monoisotopic (exact) mass is 316 g/mol. The second kappa shape index (κ2) is 7.54. The summed E-state index contributed by atoms with van der Waals surface area (Å²) in [6, 6.07) is 6.08. The van der Waals surface area contributed by atoms with Crippen LogP contribution in [-0.4, -0.2) is 23.1 Å². The second-order valence-electron chi connectivity index (χ2n) is 4.78. The van der Waals surface area contributed by atoms with Gasteiger partial charge in [-0.1, -0.05) is 17.8 Å². The minimum Gasteiger partial charge on any atom is -0.444 e. The average molecular weight is 316 g/mol. The fourth-order valence-electron chi connectivity index (χ4n) is 1.12. The first-order valence-electron chi connectivity index (χ1n) is 5.85. The number of hydrogen-bond acceptors (Lipinski definition) is 5. The van der Waals surface area contributed by atoms with Gasteiger partial charge in [-0.05, 0) is 45.2 Å². The largest absolute Gasteiger partial charge is 0.444 e. The van der Waals surface area contributed by atoms with E-state index < -0.39 is 11.7 Å². The van der Waals surface area contributed by atoms with Crippen molar-refractivity contribution in [1.29, 1.82) is 0 Å². The number of amides is 1. The number of hydrogen-bond donors (Lipinski definition) is 1. The Hall–Kier alpha value is -1.21. The number of benzene rings is 1. The number of rotatable bonds is 2. The topological polar surface area (TPSA) is 50.7 Å². The van der Waals surface area contributed by atoms with Gasteiger partial charge in [0.25, 0.3) is 0 Å². The first kappa shape index (κ1) is 16.8. The molecule has 20 heavy (non-hydrogen) atoms. The fraction of sp³-hybridized carbons (Fsp3) is 0.385. The third-order valence-corrected chi connectivity index (χ3v) is 3.27. The van der Waals surface area contributed by atoms with Crippen molar-refractivity contribution in [3.05, 3.63) is 30.1 Å². The normalized spacial score (nSPS) is 12.2. The summed E-state index contributed by atoms with van der Waals surface area (Å²) in [6.45, 7) is 5.35. The van der Waals surface area contributed by atoms with Crippen molar-refractivity contribution in [3.63, 3.8) is 0 Å². The highest BCUT2D eigenvalue weighted by atomic mass is 32.2. The molecule has 0 atom stereocenters. The van der Waals surface area contributed by atoms with Gasteiger partial charge in [0.05, 0.1) is 0 Å². The van der Waals surface area contributed by atoms with E-state index in [0.717, 1.165) is 11.9 Å². The Balaban J connectivity index is 2.62. The lowest BCUT2D eigenvalue weighted by molar-refractivity contribution is 0.0564. The molecule has 1 aromatic rings.